The molecular weight excluding hydrogens is 160 g/mol. The molecule has 0 spiro atoms. The van der Waals surface area contributed by atoms with Crippen LogP contribution in [0.1, 0.15) is 30.0 Å². The Hall–Kier alpha value is -1.33. The molecule has 1 aliphatic heterocycles. The second-order valence-corrected chi connectivity index (χ2v) is 3.39. The lowest BCUT2D eigenvalue weighted by molar-refractivity contribution is 0.647. The third-order valence-corrected chi connectivity index (χ3v) is 2.48. The molecule has 0 aliphatic carbocycles. The highest BCUT2D eigenvalue weighted by Gasteiger charge is 2.15. The first kappa shape index (κ1) is 8.28. The maximum absolute atomic E-state index is 8.73. The van der Waals surface area contributed by atoms with Crippen LogP contribution in [-0.2, 0) is 0 Å². The van der Waals surface area contributed by atoms with Gasteiger partial charge in [-0.2, -0.15) is 5.26 Å². The van der Waals surface area contributed by atoms with E-state index < -0.39 is 0 Å². The van der Waals surface area contributed by atoms with Crippen LogP contribution in [0.2, 0.25) is 0 Å². The van der Waals surface area contributed by atoms with E-state index in [2.05, 4.69) is 17.5 Å². The minimum atomic E-state index is 0.466. The fraction of sp³-hybridized carbons (Fsp3) is 0.364. The minimum Gasteiger partial charge on any atom is -0.310 e. The summed E-state index contributed by atoms with van der Waals surface area (Å²) in [5, 5.41) is 12.1. The number of nitrogens with zero attached hydrogens (tertiary/aromatic N) is 1. The fourth-order valence-electron chi connectivity index (χ4n) is 1.79. The van der Waals surface area contributed by atoms with Gasteiger partial charge in [0, 0.05) is 6.04 Å². The zero-order chi connectivity index (χ0) is 9.10. The van der Waals surface area contributed by atoms with Gasteiger partial charge >= 0.3 is 0 Å². The van der Waals surface area contributed by atoms with Crippen LogP contribution in [0.4, 0.5) is 0 Å². The zero-order valence-electron chi connectivity index (χ0n) is 7.46. The fourth-order valence-corrected chi connectivity index (χ4v) is 1.79. The van der Waals surface area contributed by atoms with Gasteiger partial charge in [-0.25, -0.2) is 0 Å². The zero-order valence-corrected chi connectivity index (χ0v) is 7.46. The van der Waals surface area contributed by atoms with E-state index in [0.717, 1.165) is 12.1 Å². The predicted octanol–water partition coefficient (Wildman–Crippen LogP) is 1.98. The first-order chi connectivity index (χ1) is 6.40. The van der Waals surface area contributed by atoms with Crippen molar-refractivity contribution >= 4 is 0 Å². The molecular formula is C11H12N2. The van der Waals surface area contributed by atoms with Crippen molar-refractivity contribution in [3.8, 4) is 6.07 Å². The summed E-state index contributed by atoms with van der Waals surface area (Å²) in [5.74, 6) is 0. The molecule has 66 valence electrons. The van der Waals surface area contributed by atoms with Gasteiger partial charge in [-0.1, -0.05) is 12.1 Å². The van der Waals surface area contributed by atoms with Crippen molar-refractivity contribution in [1.29, 1.82) is 5.26 Å². The van der Waals surface area contributed by atoms with Gasteiger partial charge in [0.1, 0.15) is 0 Å². The highest BCUT2D eigenvalue weighted by molar-refractivity contribution is 5.34. The molecule has 1 aromatic rings. The topological polar surface area (TPSA) is 35.8 Å². The number of benzene rings is 1. The summed E-state index contributed by atoms with van der Waals surface area (Å²) in [5.41, 5.74) is 2.00. The van der Waals surface area contributed by atoms with Crippen molar-refractivity contribution in [2.24, 2.45) is 0 Å². The Morgan fingerprint density at radius 2 is 2.38 bits per heavy atom. The lowest BCUT2D eigenvalue weighted by Gasteiger charge is -2.09. The predicted molar refractivity (Wildman–Crippen MR) is 51.1 cm³/mol. The molecule has 0 unspecified atom stereocenters. The summed E-state index contributed by atoms with van der Waals surface area (Å²) >= 11 is 0. The molecule has 0 saturated carbocycles. The Balaban J connectivity index is 2.25. The largest absolute Gasteiger partial charge is 0.310 e. The van der Waals surface area contributed by atoms with Crippen LogP contribution in [-0.4, -0.2) is 6.54 Å². The Bertz CT molecular complexity index is 332. The summed E-state index contributed by atoms with van der Waals surface area (Å²) in [7, 11) is 0. The average molecular weight is 172 g/mol. The van der Waals surface area contributed by atoms with Gasteiger partial charge < -0.3 is 5.32 Å². The first-order valence-electron chi connectivity index (χ1n) is 4.63. The molecule has 1 aliphatic rings. The molecule has 1 aromatic carbocycles. The van der Waals surface area contributed by atoms with E-state index in [1.807, 2.05) is 18.2 Å². The first-order valence-corrected chi connectivity index (χ1v) is 4.63. The smallest absolute Gasteiger partial charge is 0.0991 e. The van der Waals surface area contributed by atoms with Crippen LogP contribution in [0, 0.1) is 11.3 Å². The monoisotopic (exact) mass is 172 g/mol. The van der Waals surface area contributed by atoms with E-state index in [-0.39, 0.29) is 0 Å². The quantitative estimate of drug-likeness (QED) is 0.703. The number of hydrogen-bond acceptors (Lipinski definition) is 2. The van der Waals surface area contributed by atoms with Gasteiger partial charge in [0.25, 0.3) is 0 Å². The van der Waals surface area contributed by atoms with Crippen molar-refractivity contribution in [3.05, 3.63) is 35.4 Å². The lowest BCUT2D eigenvalue weighted by atomic mass is 10.0. The standard InChI is InChI=1S/C11H12N2/c12-8-9-3-1-4-10(7-9)11-5-2-6-13-11/h1,3-4,7,11,13H,2,5-6H2/t11-/m1/s1. The van der Waals surface area contributed by atoms with E-state index >= 15 is 0 Å². The highest BCUT2D eigenvalue weighted by atomic mass is 14.9. The minimum absolute atomic E-state index is 0.466. The summed E-state index contributed by atoms with van der Waals surface area (Å²) in [4.78, 5) is 0. The van der Waals surface area contributed by atoms with Gasteiger partial charge in [-0.05, 0) is 37.1 Å². The number of nitriles is 1. The van der Waals surface area contributed by atoms with Crippen LogP contribution in [0.5, 0.6) is 0 Å². The Morgan fingerprint density at radius 3 is 3.08 bits per heavy atom. The van der Waals surface area contributed by atoms with Crippen molar-refractivity contribution in [1.82, 2.24) is 5.32 Å². The van der Waals surface area contributed by atoms with Crippen LogP contribution in [0.15, 0.2) is 24.3 Å². The van der Waals surface area contributed by atoms with Crippen molar-refractivity contribution in [2.45, 2.75) is 18.9 Å². The van der Waals surface area contributed by atoms with E-state index in [4.69, 9.17) is 5.26 Å². The summed E-state index contributed by atoms with van der Waals surface area (Å²) < 4.78 is 0. The third-order valence-electron chi connectivity index (χ3n) is 2.48. The van der Waals surface area contributed by atoms with Gasteiger partial charge in [0.15, 0.2) is 0 Å². The maximum atomic E-state index is 8.73. The van der Waals surface area contributed by atoms with Crippen LogP contribution in [0.3, 0.4) is 0 Å². The van der Waals surface area contributed by atoms with Crippen LogP contribution >= 0.6 is 0 Å². The van der Waals surface area contributed by atoms with Gasteiger partial charge in [0.05, 0.1) is 11.6 Å². The molecule has 1 N–H and O–H groups in total. The van der Waals surface area contributed by atoms with Crippen LogP contribution in [0.25, 0.3) is 0 Å². The highest BCUT2D eigenvalue weighted by Crippen LogP contribution is 2.23. The molecule has 1 saturated heterocycles. The Labute approximate surface area is 78.2 Å². The van der Waals surface area contributed by atoms with E-state index in [9.17, 15) is 0 Å². The van der Waals surface area contributed by atoms with Crippen molar-refractivity contribution in [3.63, 3.8) is 0 Å². The molecule has 1 atom stereocenters. The number of nitrogens with one attached hydrogen (secondary N) is 1. The van der Waals surface area contributed by atoms with Crippen LogP contribution < -0.4 is 5.32 Å². The maximum Gasteiger partial charge on any atom is 0.0991 e. The molecule has 1 fully saturated rings. The van der Waals surface area contributed by atoms with Crippen molar-refractivity contribution < 1.29 is 0 Å². The van der Waals surface area contributed by atoms with Gasteiger partial charge in [-0.3, -0.25) is 0 Å². The Kier molecular flexibility index (Phi) is 2.29. The second-order valence-electron chi connectivity index (χ2n) is 3.39. The van der Waals surface area contributed by atoms with E-state index in [0.29, 0.717) is 6.04 Å². The number of hydrogen-bond donors (Lipinski definition) is 1. The molecule has 13 heavy (non-hydrogen) atoms. The van der Waals surface area contributed by atoms with Crippen molar-refractivity contribution in [2.75, 3.05) is 6.54 Å². The molecule has 2 rings (SSSR count). The third kappa shape index (κ3) is 1.71. The SMILES string of the molecule is N#Cc1cccc([C@H]2CCCN2)c1. The van der Waals surface area contributed by atoms with Gasteiger partial charge in [-0.15, -0.1) is 0 Å². The summed E-state index contributed by atoms with van der Waals surface area (Å²) in [6, 6.07) is 10.5. The molecule has 1 heterocycles. The molecule has 2 heteroatoms. The number of rotatable bonds is 1. The molecule has 0 bridgehead atoms. The summed E-state index contributed by atoms with van der Waals surface area (Å²) in [6.07, 6.45) is 2.43. The Morgan fingerprint density at radius 1 is 1.46 bits per heavy atom. The van der Waals surface area contributed by atoms with Gasteiger partial charge in [0.2, 0.25) is 0 Å². The molecule has 2 nitrogen and oxygen atoms in total. The molecule has 0 aromatic heterocycles. The molecule has 0 amide bonds. The lowest BCUT2D eigenvalue weighted by Crippen LogP contribution is -2.12. The molecule has 0 radical (unpaired) electrons. The normalized spacial score (nSPS) is 21.3. The van der Waals surface area contributed by atoms with E-state index in [1.54, 1.807) is 0 Å². The summed E-state index contributed by atoms with van der Waals surface area (Å²) in [6.45, 7) is 1.10. The average Bonchev–Trinajstić information content (AvgIpc) is 2.71. The van der Waals surface area contributed by atoms with E-state index in [1.165, 1.54) is 18.4 Å². The second kappa shape index (κ2) is 3.59.